The molecule has 0 saturated heterocycles. The van der Waals surface area contributed by atoms with Crippen molar-refractivity contribution < 1.29 is 24.2 Å². The van der Waals surface area contributed by atoms with Gasteiger partial charge in [-0.05, 0) is 36.0 Å². The lowest BCUT2D eigenvalue weighted by atomic mass is 10.0. The molecule has 0 spiro atoms. The van der Waals surface area contributed by atoms with Crippen LogP contribution in [0.5, 0.6) is 0 Å². The van der Waals surface area contributed by atoms with Crippen LogP contribution in [0.3, 0.4) is 0 Å². The van der Waals surface area contributed by atoms with E-state index in [9.17, 15) is 19.5 Å². The molecule has 0 aliphatic heterocycles. The average Bonchev–Trinajstić information content (AvgIpc) is 3.01. The molecule has 3 rings (SSSR count). The molecule has 3 aromatic rings. The van der Waals surface area contributed by atoms with Gasteiger partial charge in [0.05, 0.1) is 24.7 Å². The highest BCUT2D eigenvalue weighted by atomic mass is 16.5. The minimum absolute atomic E-state index is 0.0471. The van der Waals surface area contributed by atoms with Crippen molar-refractivity contribution in [3.05, 3.63) is 108 Å². The summed E-state index contributed by atoms with van der Waals surface area (Å²) in [5.74, 6) is 0. The standard InChI is InChI=1S/C33H41N3O5/c1-2-3-19-29(24-37)34-32(39)36(21-20-26-13-7-4-8-14-26)23-31(38)30(22-27-15-9-5-10-16-27)35-33(40)41-25-28-17-11-6-12-18-28/h4-18,24,29-31,38H,2-3,19-23,25H2,1H3,(H,34,39)(H,35,40)/t29-,30?,31?/m0/s1. The zero-order valence-electron chi connectivity index (χ0n) is 23.7. The molecular weight excluding hydrogens is 518 g/mol. The molecule has 0 bridgehead atoms. The van der Waals surface area contributed by atoms with Gasteiger partial charge in [0.25, 0.3) is 0 Å². The Bertz CT molecular complexity index is 1180. The fourth-order valence-corrected chi connectivity index (χ4v) is 4.45. The lowest BCUT2D eigenvalue weighted by molar-refractivity contribution is -0.109. The molecule has 3 aromatic carbocycles. The molecule has 0 aliphatic carbocycles. The van der Waals surface area contributed by atoms with Crippen molar-refractivity contribution >= 4 is 18.4 Å². The number of urea groups is 1. The number of ether oxygens (including phenoxy) is 1. The van der Waals surface area contributed by atoms with Crippen molar-refractivity contribution in [2.75, 3.05) is 13.1 Å². The monoisotopic (exact) mass is 559 g/mol. The highest BCUT2D eigenvalue weighted by Gasteiger charge is 2.27. The maximum atomic E-state index is 13.3. The number of amides is 3. The molecule has 0 aliphatic rings. The predicted octanol–water partition coefficient (Wildman–Crippen LogP) is 4.90. The van der Waals surface area contributed by atoms with E-state index in [2.05, 4.69) is 10.6 Å². The van der Waals surface area contributed by atoms with Crippen molar-refractivity contribution in [2.45, 2.75) is 63.8 Å². The summed E-state index contributed by atoms with van der Waals surface area (Å²) in [6.07, 6.45) is 2.16. The Morgan fingerprint density at radius 1 is 0.878 bits per heavy atom. The van der Waals surface area contributed by atoms with E-state index in [1.165, 1.54) is 4.90 Å². The summed E-state index contributed by atoms with van der Waals surface area (Å²) in [6.45, 7) is 2.39. The lowest BCUT2D eigenvalue weighted by Crippen LogP contribution is -2.53. The van der Waals surface area contributed by atoms with Crippen molar-refractivity contribution in [1.29, 1.82) is 0 Å². The first kappa shape index (κ1) is 31.4. The summed E-state index contributed by atoms with van der Waals surface area (Å²) in [6, 6.07) is 26.8. The molecule has 8 nitrogen and oxygen atoms in total. The highest BCUT2D eigenvalue weighted by Crippen LogP contribution is 2.11. The third-order valence-electron chi connectivity index (χ3n) is 6.83. The summed E-state index contributed by atoms with van der Waals surface area (Å²) < 4.78 is 5.42. The Morgan fingerprint density at radius 2 is 1.46 bits per heavy atom. The molecule has 0 fully saturated rings. The number of nitrogens with zero attached hydrogens (tertiary/aromatic N) is 1. The van der Waals surface area contributed by atoms with Gasteiger partial charge >= 0.3 is 12.1 Å². The lowest BCUT2D eigenvalue weighted by Gasteiger charge is -2.31. The second kappa shape index (κ2) is 17.5. The topological polar surface area (TPSA) is 108 Å². The molecule has 2 unspecified atom stereocenters. The first-order valence-corrected chi connectivity index (χ1v) is 14.2. The van der Waals surface area contributed by atoms with Crippen LogP contribution in [-0.4, -0.2) is 59.7 Å². The van der Waals surface area contributed by atoms with E-state index < -0.39 is 30.3 Å². The molecule has 3 amide bonds. The number of nitrogens with one attached hydrogen (secondary N) is 2. The van der Waals surface area contributed by atoms with Crippen LogP contribution in [0.4, 0.5) is 9.59 Å². The molecule has 3 N–H and O–H groups in total. The Hall–Kier alpha value is -4.17. The van der Waals surface area contributed by atoms with E-state index in [-0.39, 0.29) is 13.2 Å². The van der Waals surface area contributed by atoms with Crippen molar-refractivity contribution in [1.82, 2.24) is 15.5 Å². The van der Waals surface area contributed by atoms with Gasteiger partial charge in [0, 0.05) is 6.54 Å². The summed E-state index contributed by atoms with van der Waals surface area (Å²) in [7, 11) is 0. The second-order valence-electron chi connectivity index (χ2n) is 10.1. The van der Waals surface area contributed by atoms with Gasteiger partial charge in [-0.1, -0.05) is 111 Å². The quantitative estimate of drug-likeness (QED) is 0.217. The Labute approximate surface area is 242 Å². The Kier molecular flexibility index (Phi) is 13.4. The zero-order valence-corrected chi connectivity index (χ0v) is 23.7. The van der Waals surface area contributed by atoms with E-state index in [0.717, 1.165) is 35.8 Å². The third kappa shape index (κ3) is 11.5. The van der Waals surface area contributed by atoms with Crippen LogP contribution in [-0.2, 0) is 29.0 Å². The summed E-state index contributed by atoms with van der Waals surface area (Å²) in [4.78, 5) is 39.2. The number of aldehydes is 1. The van der Waals surface area contributed by atoms with Gasteiger partial charge in [-0.15, -0.1) is 0 Å². The van der Waals surface area contributed by atoms with Gasteiger partial charge in [-0.25, -0.2) is 9.59 Å². The van der Waals surface area contributed by atoms with E-state index in [4.69, 9.17) is 4.74 Å². The van der Waals surface area contributed by atoms with Gasteiger partial charge in [0.2, 0.25) is 0 Å². The number of carbonyl (C=O) groups is 3. The SMILES string of the molecule is CCCC[C@@H](C=O)NC(=O)N(CCc1ccccc1)CC(O)C(Cc1ccccc1)NC(=O)OCc1ccccc1. The fraction of sp³-hybridized carbons (Fsp3) is 0.364. The number of unbranched alkanes of at least 4 members (excludes halogenated alkanes) is 1. The number of benzene rings is 3. The predicted molar refractivity (Wildman–Crippen MR) is 159 cm³/mol. The van der Waals surface area contributed by atoms with Gasteiger partial charge in [-0.2, -0.15) is 0 Å². The highest BCUT2D eigenvalue weighted by molar-refractivity contribution is 5.78. The molecule has 41 heavy (non-hydrogen) atoms. The second-order valence-corrected chi connectivity index (χ2v) is 10.1. The molecule has 8 heteroatoms. The minimum atomic E-state index is -1.11. The number of aliphatic hydroxyl groups is 1. The third-order valence-corrected chi connectivity index (χ3v) is 6.83. The number of rotatable bonds is 16. The van der Waals surface area contributed by atoms with Crippen LogP contribution < -0.4 is 10.6 Å². The Morgan fingerprint density at radius 3 is 2.05 bits per heavy atom. The first-order chi connectivity index (χ1) is 20.0. The van der Waals surface area contributed by atoms with Crippen LogP contribution >= 0.6 is 0 Å². The summed E-state index contributed by atoms with van der Waals surface area (Å²) >= 11 is 0. The van der Waals surface area contributed by atoms with Crippen LogP contribution in [0.15, 0.2) is 91.0 Å². The van der Waals surface area contributed by atoms with Crippen LogP contribution in [0.1, 0.15) is 42.9 Å². The van der Waals surface area contributed by atoms with Gasteiger partial charge in [0.1, 0.15) is 12.9 Å². The number of hydrogen-bond donors (Lipinski definition) is 3. The normalized spacial score (nSPS) is 12.9. The van der Waals surface area contributed by atoms with E-state index in [0.29, 0.717) is 25.8 Å². The average molecular weight is 560 g/mol. The number of alkyl carbamates (subject to hydrolysis) is 1. The smallest absolute Gasteiger partial charge is 0.407 e. The van der Waals surface area contributed by atoms with Crippen LogP contribution in [0.2, 0.25) is 0 Å². The van der Waals surface area contributed by atoms with Gasteiger partial charge < -0.3 is 30.2 Å². The van der Waals surface area contributed by atoms with E-state index >= 15 is 0 Å². The van der Waals surface area contributed by atoms with E-state index in [1.807, 2.05) is 97.9 Å². The molecule has 0 aromatic heterocycles. The molecule has 0 radical (unpaired) electrons. The van der Waals surface area contributed by atoms with Crippen molar-refractivity contribution in [2.24, 2.45) is 0 Å². The summed E-state index contributed by atoms with van der Waals surface area (Å²) in [5.41, 5.74) is 2.81. The minimum Gasteiger partial charge on any atom is -0.445 e. The number of aliphatic hydroxyl groups excluding tert-OH is 1. The molecule has 0 saturated carbocycles. The van der Waals surface area contributed by atoms with Crippen molar-refractivity contribution in [3.63, 3.8) is 0 Å². The Balaban J connectivity index is 1.73. The molecular formula is C33H41N3O5. The van der Waals surface area contributed by atoms with Crippen molar-refractivity contribution in [3.8, 4) is 0 Å². The largest absolute Gasteiger partial charge is 0.445 e. The van der Waals surface area contributed by atoms with Crippen LogP contribution in [0.25, 0.3) is 0 Å². The molecule has 0 heterocycles. The maximum Gasteiger partial charge on any atom is 0.407 e. The number of hydrogen-bond acceptors (Lipinski definition) is 5. The van der Waals surface area contributed by atoms with Gasteiger partial charge in [0.15, 0.2) is 0 Å². The molecule has 218 valence electrons. The zero-order chi connectivity index (χ0) is 29.3. The first-order valence-electron chi connectivity index (χ1n) is 14.2. The number of carbonyl (C=O) groups excluding carboxylic acids is 3. The summed E-state index contributed by atoms with van der Waals surface area (Å²) in [5, 5.41) is 17.0. The van der Waals surface area contributed by atoms with Crippen LogP contribution in [0, 0.1) is 0 Å². The van der Waals surface area contributed by atoms with Gasteiger partial charge in [-0.3, -0.25) is 0 Å². The van der Waals surface area contributed by atoms with E-state index in [1.54, 1.807) is 0 Å². The fourth-order valence-electron chi connectivity index (χ4n) is 4.45. The maximum absolute atomic E-state index is 13.3. The molecule has 3 atom stereocenters.